The SMILES string of the molecule is COC(=O)c1ccc2c(ccc(=O)n2N2CCCC[C@@H]2C)c1. The Morgan fingerprint density at radius 1 is 1.23 bits per heavy atom. The van der Waals surface area contributed by atoms with Crippen molar-refractivity contribution in [2.75, 3.05) is 18.7 Å². The van der Waals surface area contributed by atoms with Gasteiger partial charge in [-0.2, -0.15) is 0 Å². The van der Waals surface area contributed by atoms with E-state index in [1.165, 1.54) is 13.5 Å². The molecule has 22 heavy (non-hydrogen) atoms. The lowest BCUT2D eigenvalue weighted by Crippen LogP contribution is -2.50. The van der Waals surface area contributed by atoms with Crippen LogP contribution >= 0.6 is 0 Å². The summed E-state index contributed by atoms with van der Waals surface area (Å²) in [6.07, 6.45) is 3.38. The molecular weight excluding hydrogens is 280 g/mol. The Morgan fingerprint density at radius 3 is 2.77 bits per heavy atom. The molecule has 0 aliphatic carbocycles. The molecule has 0 amide bonds. The number of nitrogens with zero attached hydrogens (tertiary/aromatic N) is 2. The van der Waals surface area contributed by atoms with Gasteiger partial charge in [0.25, 0.3) is 5.56 Å². The van der Waals surface area contributed by atoms with Crippen molar-refractivity contribution in [3.8, 4) is 0 Å². The summed E-state index contributed by atoms with van der Waals surface area (Å²) in [4.78, 5) is 24.0. The summed E-state index contributed by atoms with van der Waals surface area (Å²) in [5.74, 6) is -0.369. The van der Waals surface area contributed by atoms with Crippen LogP contribution < -0.4 is 10.6 Å². The minimum absolute atomic E-state index is 0.0351. The first-order chi connectivity index (χ1) is 10.6. The summed E-state index contributed by atoms with van der Waals surface area (Å²) in [5.41, 5.74) is 1.29. The second-order valence-corrected chi connectivity index (χ2v) is 5.76. The fourth-order valence-corrected chi connectivity index (χ4v) is 3.12. The van der Waals surface area contributed by atoms with Crippen LogP contribution in [0.15, 0.2) is 35.1 Å². The van der Waals surface area contributed by atoms with Crippen molar-refractivity contribution in [3.63, 3.8) is 0 Å². The molecule has 5 heteroatoms. The summed E-state index contributed by atoms with van der Waals surface area (Å²) in [6.45, 7) is 3.02. The average molecular weight is 300 g/mol. The molecular formula is C17H20N2O3. The molecule has 3 rings (SSSR count). The van der Waals surface area contributed by atoms with Crippen LogP contribution in [-0.4, -0.2) is 30.3 Å². The third-order valence-corrected chi connectivity index (χ3v) is 4.32. The fraction of sp³-hybridized carbons (Fsp3) is 0.412. The van der Waals surface area contributed by atoms with Gasteiger partial charge in [-0.05, 0) is 50.5 Å². The molecule has 2 heterocycles. The predicted octanol–water partition coefficient (Wildman–Crippen LogP) is 2.30. The highest BCUT2D eigenvalue weighted by Crippen LogP contribution is 2.20. The molecule has 1 aliphatic rings. The molecule has 0 radical (unpaired) electrons. The van der Waals surface area contributed by atoms with Gasteiger partial charge in [0.2, 0.25) is 0 Å². The van der Waals surface area contributed by atoms with Gasteiger partial charge in [0.1, 0.15) is 0 Å². The Bertz CT molecular complexity index is 766. The molecule has 1 atom stereocenters. The van der Waals surface area contributed by atoms with E-state index in [-0.39, 0.29) is 11.5 Å². The average Bonchev–Trinajstić information content (AvgIpc) is 2.54. The van der Waals surface area contributed by atoms with Crippen LogP contribution in [0, 0.1) is 0 Å². The Kier molecular flexibility index (Phi) is 3.88. The van der Waals surface area contributed by atoms with Crippen molar-refractivity contribution in [2.24, 2.45) is 0 Å². The number of pyridine rings is 1. The zero-order valence-electron chi connectivity index (χ0n) is 12.9. The van der Waals surface area contributed by atoms with Crippen LogP contribution in [0.2, 0.25) is 0 Å². The Morgan fingerprint density at radius 2 is 2.05 bits per heavy atom. The highest BCUT2D eigenvalue weighted by Gasteiger charge is 2.21. The summed E-state index contributed by atoms with van der Waals surface area (Å²) in [5, 5.41) is 2.99. The minimum atomic E-state index is -0.369. The highest BCUT2D eigenvalue weighted by molar-refractivity contribution is 5.94. The topological polar surface area (TPSA) is 51.5 Å². The van der Waals surface area contributed by atoms with Gasteiger partial charge in [0.05, 0.1) is 18.2 Å². The lowest BCUT2D eigenvalue weighted by atomic mass is 10.1. The van der Waals surface area contributed by atoms with Crippen molar-refractivity contribution >= 4 is 16.9 Å². The first-order valence-electron chi connectivity index (χ1n) is 7.63. The van der Waals surface area contributed by atoms with Gasteiger partial charge in [0.15, 0.2) is 0 Å². The lowest BCUT2D eigenvalue weighted by Gasteiger charge is -2.36. The number of hydrogen-bond acceptors (Lipinski definition) is 4. The minimum Gasteiger partial charge on any atom is -0.465 e. The number of aromatic nitrogens is 1. The van der Waals surface area contributed by atoms with E-state index in [1.807, 2.05) is 6.07 Å². The number of benzene rings is 1. The van der Waals surface area contributed by atoms with Gasteiger partial charge >= 0.3 is 5.97 Å². The maximum Gasteiger partial charge on any atom is 0.337 e. The van der Waals surface area contributed by atoms with Crippen LogP contribution in [0.5, 0.6) is 0 Å². The van der Waals surface area contributed by atoms with E-state index in [2.05, 4.69) is 11.9 Å². The van der Waals surface area contributed by atoms with Gasteiger partial charge in [-0.15, -0.1) is 0 Å². The fourth-order valence-electron chi connectivity index (χ4n) is 3.12. The van der Waals surface area contributed by atoms with Crippen LogP contribution in [0.25, 0.3) is 10.9 Å². The number of esters is 1. The number of piperidine rings is 1. The van der Waals surface area contributed by atoms with E-state index >= 15 is 0 Å². The van der Waals surface area contributed by atoms with E-state index in [0.29, 0.717) is 11.6 Å². The number of hydrogen-bond donors (Lipinski definition) is 0. The predicted molar refractivity (Wildman–Crippen MR) is 85.9 cm³/mol. The van der Waals surface area contributed by atoms with E-state index in [0.717, 1.165) is 30.3 Å². The molecule has 0 spiro atoms. The molecule has 0 unspecified atom stereocenters. The number of rotatable bonds is 2. The summed E-state index contributed by atoms with van der Waals surface area (Å²) in [7, 11) is 1.36. The van der Waals surface area contributed by atoms with E-state index in [1.54, 1.807) is 28.9 Å². The summed E-state index contributed by atoms with van der Waals surface area (Å²) < 4.78 is 6.50. The molecule has 1 fully saturated rings. The van der Waals surface area contributed by atoms with Gasteiger partial charge in [0, 0.05) is 24.0 Å². The summed E-state index contributed by atoms with van der Waals surface area (Å²) in [6, 6.07) is 8.95. The Hall–Kier alpha value is -2.30. The standard InChI is InChI=1S/C17H20N2O3/c1-12-5-3-4-10-18(12)19-15-8-6-14(17(21)22-2)11-13(15)7-9-16(19)20/h6-9,11-12H,3-5,10H2,1-2H3/t12-/m0/s1. The molecule has 1 aromatic carbocycles. The van der Waals surface area contributed by atoms with Crippen molar-refractivity contribution < 1.29 is 9.53 Å². The molecule has 116 valence electrons. The van der Waals surface area contributed by atoms with Crippen LogP contribution in [0.4, 0.5) is 0 Å². The van der Waals surface area contributed by atoms with E-state index < -0.39 is 0 Å². The second-order valence-electron chi connectivity index (χ2n) is 5.76. The van der Waals surface area contributed by atoms with Crippen molar-refractivity contribution in [3.05, 3.63) is 46.2 Å². The third-order valence-electron chi connectivity index (χ3n) is 4.32. The molecule has 1 saturated heterocycles. The molecule has 1 aliphatic heterocycles. The first-order valence-corrected chi connectivity index (χ1v) is 7.63. The molecule has 0 bridgehead atoms. The van der Waals surface area contributed by atoms with Crippen LogP contribution in [0.3, 0.4) is 0 Å². The number of carbonyl (C=O) groups is 1. The zero-order chi connectivity index (χ0) is 15.7. The third kappa shape index (κ3) is 2.47. The molecule has 0 saturated carbocycles. The largest absolute Gasteiger partial charge is 0.465 e. The second kappa shape index (κ2) is 5.83. The van der Waals surface area contributed by atoms with E-state index in [4.69, 9.17) is 4.74 Å². The normalized spacial score (nSPS) is 18.5. The van der Waals surface area contributed by atoms with Gasteiger partial charge in [-0.25, -0.2) is 9.47 Å². The number of carbonyl (C=O) groups excluding carboxylic acids is 1. The maximum atomic E-state index is 12.4. The quantitative estimate of drug-likeness (QED) is 0.799. The van der Waals surface area contributed by atoms with Crippen molar-refractivity contribution in [1.29, 1.82) is 0 Å². The zero-order valence-corrected chi connectivity index (χ0v) is 12.9. The monoisotopic (exact) mass is 300 g/mol. The van der Waals surface area contributed by atoms with E-state index in [9.17, 15) is 9.59 Å². The number of ether oxygens (including phenoxy) is 1. The molecule has 2 aromatic rings. The van der Waals surface area contributed by atoms with Crippen molar-refractivity contribution in [2.45, 2.75) is 32.2 Å². The first kappa shape index (κ1) is 14.6. The van der Waals surface area contributed by atoms with Gasteiger partial charge < -0.3 is 9.75 Å². The van der Waals surface area contributed by atoms with Crippen LogP contribution in [0.1, 0.15) is 36.5 Å². The smallest absolute Gasteiger partial charge is 0.337 e. The maximum absolute atomic E-state index is 12.4. The van der Waals surface area contributed by atoms with Gasteiger partial charge in [-0.1, -0.05) is 0 Å². The summed E-state index contributed by atoms with van der Waals surface area (Å²) >= 11 is 0. The van der Waals surface area contributed by atoms with Crippen molar-refractivity contribution in [1.82, 2.24) is 4.68 Å². The number of fused-ring (bicyclic) bond motifs is 1. The molecule has 1 aromatic heterocycles. The molecule has 0 N–H and O–H groups in total. The highest BCUT2D eigenvalue weighted by atomic mass is 16.5. The van der Waals surface area contributed by atoms with Crippen LogP contribution in [-0.2, 0) is 4.74 Å². The Balaban J connectivity index is 2.15. The molecule has 5 nitrogen and oxygen atoms in total. The van der Waals surface area contributed by atoms with Gasteiger partial charge in [-0.3, -0.25) is 4.79 Å². The Labute approximate surface area is 129 Å². The lowest BCUT2D eigenvalue weighted by molar-refractivity contribution is 0.0601. The number of methoxy groups -OCH3 is 1.